The summed E-state index contributed by atoms with van der Waals surface area (Å²) in [6.07, 6.45) is 3.81. The summed E-state index contributed by atoms with van der Waals surface area (Å²) in [6.45, 7) is 2.50. The molecule has 0 saturated carbocycles. The Morgan fingerprint density at radius 2 is 2.05 bits per heavy atom. The highest BCUT2D eigenvalue weighted by atomic mass is 32.2. The SMILES string of the molecule is CS(=O)(=O)c1ccc(CNC(=O)CCC2CCNC2)cc1. The van der Waals surface area contributed by atoms with E-state index < -0.39 is 9.84 Å². The number of rotatable bonds is 6. The van der Waals surface area contributed by atoms with Gasteiger partial charge in [-0.25, -0.2) is 8.42 Å². The molecule has 1 atom stereocenters. The van der Waals surface area contributed by atoms with Gasteiger partial charge in [0.25, 0.3) is 0 Å². The van der Waals surface area contributed by atoms with Gasteiger partial charge in [-0.2, -0.15) is 0 Å². The van der Waals surface area contributed by atoms with E-state index in [0.29, 0.717) is 23.8 Å². The molecule has 2 rings (SSSR count). The monoisotopic (exact) mass is 310 g/mol. The zero-order valence-corrected chi connectivity index (χ0v) is 13.1. The Morgan fingerprint density at radius 1 is 1.33 bits per heavy atom. The summed E-state index contributed by atoms with van der Waals surface area (Å²) in [5, 5.41) is 6.16. The molecule has 0 spiro atoms. The van der Waals surface area contributed by atoms with E-state index in [4.69, 9.17) is 0 Å². The number of hydrogen-bond acceptors (Lipinski definition) is 4. The summed E-state index contributed by atoms with van der Waals surface area (Å²) in [7, 11) is -3.16. The summed E-state index contributed by atoms with van der Waals surface area (Å²) >= 11 is 0. The van der Waals surface area contributed by atoms with Crippen LogP contribution >= 0.6 is 0 Å². The summed E-state index contributed by atoms with van der Waals surface area (Å²) in [4.78, 5) is 12.1. The van der Waals surface area contributed by atoms with Crippen LogP contribution in [0, 0.1) is 5.92 Å². The molecule has 1 aliphatic heterocycles. The third-order valence-electron chi connectivity index (χ3n) is 3.78. The maximum Gasteiger partial charge on any atom is 0.220 e. The van der Waals surface area contributed by atoms with Crippen molar-refractivity contribution in [1.29, 1.82) is 0 Å². The lowest BCUT2D eigenvalue weighted by molar-refractivity contribution is -0.121. The number of carbonyl (C=O) groups excluding carboxylic acids is 1. The van der Waals surface area contributed by atoms with Gasteiger partial charge in [0.2, 0.25) is 5.91 Å². The molecule has 1 fully saturated rings. The molecule has 1 aromatic carbocycles. The molecule has 0 aliphatic carbocycles. The van der Waals surface area contributed by atoms with Crippen LogP contribution in [0.3, 0.4) is 0 Å². The minimum atomic E-state index is -3.16. The summed E-state index contributed by atoms with van der Waals surface area (Å²) in [5.41, 5.74) is 0.901. The molecular weight excluding hydrogens is 288 g/mol. The molecule has 0 aromatic heterocycles. The Balaban J connectivity index is 1.75. The van der Waals surface area contributed by atoms with Crippen molar-refractivity contribution < 1.29 is 13.2 Å². The number of hydrogen-bond donors (Lipinski definition) is 2. The average molecular weight is 310 g/mol. The minimum absolute atomic E-state index is 0.0501. The highest BCUT2D eigenvalue weighted by Gasteiger charge is 2.15. The van der Waals surface area contributed by atoms with E-state index in [-0.39, 0.29) is 5.91 Å². The van der Waals surface area contributed by atoms with Gasteiger partial charge in [0.05, 0.1) is 4.90 Å². The van der Waals surface area contributed by atoms with Crippen molar-refractivity contribution in [3.05, 3.63) is 29.8 Å². The zero-order chi connectivity index (χ0) is 15.3. The van der Waals surface area contributed by atoms with Crippen molar-refractivity contribution in [3.63, 3.8) is 0 Å². The third kappa shape index (κ3) is 5.13. The first-order chi connectivity index (χ1) is 9.95. The number of nitrogens with one attached hydrogen (secondary N) is 2. The molecule has 6 heteroatoms. The molecule has 1 saturated heterocycles. The summed E-state index contributed by atoms with van der Waals surface area (Å²) < 4.78 is 22.7. The lowest BCUT2D eigenvalue weighted by atomic mass is 10.0. The highest BCUT2D eigenvalue weighted by molar-refractivity contribution is 7.90. The van der Waals surface area contributed by atoms with Crippen LogP contribution in [0.4, 0.5) is 0 Å². The Kier molecular flexibility index (Phi) is 5.36. The number of carbonyl (C=O) groups is 1. The van der Waals surface area contributed by atoms with Crippen LogP contribution in [0.2, 0.25) is 0 Å². The van der Waals surface area contributed by atoms with Crippen molar-refractivity contribution >= 4 is 15.7 Å². The molecule has 0 radical (unpaired) electrons. The maximum absolute atomic E-state index is 11.8. The van der Waals surface area contributed by atoms with E-state index in [2.05, 4.69) is 10.6 Å². The fourth-order valence-electron chi connectivity index (χ4n) is 2.44. The van der Waals surface area contributed by atoms with Crippen LogP contribution in [0.15, 0.2) is 29.2 Å². The van der Waals surface area contributed by atoms with Gasteiger partial charge < -0.3 is 10.6 Å². The molecule has 2 N–H and O–H groups in total. The van der Waals surface area contributed by atoms with E-state index in [1.54, 1.807) is 24.3 Å². The maximum atomic E-state index is 11.8. The minimum Gasteiger partial charge on any atom is -0.352 e. The van der Waals surface area contributed by atoms with Gasteiger partial charge >= 0.3 is 0 Å². The Bertz CT molecular complexity index is 575. The van der Waals surface area contributed by atoms with Crippen LogP contribution in [0.25, 0.3) is 0 Å². The molecule has 0 bridgehead atoms. The fraction of sp³-hybridized carbons (Fsp3) is 0.533. The standard InChI is InChI=1S/C15H22N2O3S/c1-21(19,20)14-5-2-12(3-6-14)11-17-15(18)7-4-13-8-9-16-10-13/h2-3,5-6,13,16H,4,7-11H2,1H3,(H,17,18). The number of sulfone groups is 1. The van der Waals surface area contributed by atoms with E-state index in [9.17, 15) is 13.2 Å². The van der Waals surface area contributed by atoms with Crippen molar-refractivity contribution in [3.8, 4) is 0 Å². The quantitative estimate of drug-likeness (QED) is 0.825. The van der Waals surface area contributed by atoms with Gasteiger partial charge in [-0.3, -0.25) is 4.79 Å². The van der Waals surface area contributed by atoms with Crippen molar-refractivity contribution in [2.24, 2.45) is 5.92 Å². The Hall–Kier alpha value is -1.40. The lowest BCUT2D eigenvalue weighted by Crippen LogP contribution is -2.23. The summed E-state index contributed by atoms with van der Waals surface area (Å²) in [5.74, 6) is 0.666. The summed E-state index contributed by atoms with van der Waals surface area (Å²) in [6, 6.07) is 6.61. The predicted molar refractivity (Wildman–Crippen MR) is 81.6 cm³/mol. The van der Waals surface area contributed by atoms with Gasteiger partial charge in [-0.1, -0.05) is 12.1 Å². The molecular formula is C15H22N2O3S. The highest BCUT2D eigenvalue weighted by Crippen LogP contribution is 2.14. The number of benzene rings is 1. The van der Waals surface area contributed by atoms with E-state index in [1.807, 2.05) is 0 Å². The molecule has 1 aliphatic rings. The smallest absolute Gasteiger partial charge is 0.220 e. The van der Waals surface area contributed by atoms with E-state index in [1.165, 1.54) is 6.26 Å². The van der Waals surface area contributed by atoms with Gasteiger partial charge in [0.1, 0.15) is 0 Å². The topological polar surface area (TPSA) is 75.3 Å². The van der Waals surface area contributed by atoms with Crippen molar-refractivity contribution in [2.45, 2.75) is 30.7 Å². The fourth-order valence-corrected chi connectivity index (χ4v) is 3.07. The van der Waals surface area contributed by atoms with E-state index >= 15 is 0 Å². The van der Waals surface area contributed by atoms with Crippen LogP contribution in [0.5, 0.6) is 0 Å². The third-order valence-corrected chi connectivity index (χ3v) is 4.91. The second-order valence-corrected chi connectivity index (χ2v) is 7.61. The van der Waals surface area contributed by atoms with Gasteiger partial charge in [0.15, 0.2) is 9.84 Å². The molecule has 1 aromatic rings. The number of amides is 1. The normalized spacial score (nSPS) is 18.6. The van der Waals surface area contributed by atoms with Crippen LogP contribution in [-0.2, 0) is 21.2 Å². The van der Waals surface area contributed by atoms with Crippen LogP contribution in [0.1, 0.15) is 24.8 Å². The second kappa shape index (κ2) is 7.04. The Labute approximate surface area is 126 Å². The van der Waals surface area contributed by atoms with Crippen molar-refractivity contribution in [2.75, 3.05) is 19.3 Å². The average Bonchev–Trinajstić information content (AvgIpc) is 2.95. The Morgan fingerprint density at radius 3 is 2.62 bits per heavy atom. The molecule has 1 amide bonds. The second-order valence-electron chi connectivity index (χ2n) is 5.59. The van der Waals surface area contributed by atoms with Gasteiger partial charge in [-0.05, 0) is 49.5 Å². The molecule has 1 unspecified atom stereocenters. The first-order valence-electron chi connectivity index (χ1n) is 7.21. The first kappa shape index (κ1) is 16.0. The predicted octanol–water partition coefficient (Wildman–Crippen LogP) is 1.10. The molecule has 116 valence electrons. The van der Waals surface area contributed by atoms with Crippen LogP contribution in [-0.4, -0.2) is 33.7 Å². The zero-order valence-electron chi connectivity index (χ0n) is 12.3. The lowest BCUT2D eigenvalue weighted by Gasteiger charge is -2.09. The van der Waals surface area contributed by atoms with Gasteiger partial charge in [0, 0.05) is 19.2 Å². The molecule has 5 nitrogen and oxygen atoms in total. The van der Waals surface area contributed by atoms with Crippen molar-refractivity contribution in [1.82, 2.24) is 10.6 Å². The van der Waals surface area contributed by atoms with Gasteiger partial charge in [-0.15, -0.1) is 0 Å². The first-order valence-corrected chi connectivity index (χ1v) is 9.11. The molecule has 21 heavy (non-hydrogen) atoms. The van der Waals surface area contributed by atoms with Crippen LogP contribution < -0.4 is 10.6 Å². The largest absolute Gasteiger partial charge is 0.352 e. The molecule has 1 heterocycles. The van der Waals surface area contributed by atoms with E-state index in [0.717, 1.165) is 31.5 Å².